The number of nitrogens with zero attached hydrogens (tertiary/aromatic N) is 2. The maximum absolute atomic E-state index is 13.9. The summed E-state index contributed by atoms with van der Waals surface area (Å²) >= 11 is 0. The van der Waals surface area contributed by atoms with Crippen LogP contribution in [-0.4, -0.2) is 26.7 Å². The number of hydrogen-bond donors (Lipinski definition) is 1. The van der Waals surface area contributed by atoms with Crippen LogP contribution in [0.2, 0.25) is 0 Å². The number of halogens is 4. The van der Waals surface area contributed by atoms with Gasteiger partial charge >= 0.3 is 6.18 Å². The molecule has 3 nitrogen and oxygen atoms in total. The van der Waals surface area contributed by atoms with Gasteiger partial charge in [0.2, 0.25) is 0 Å². The Morgan fingerprint density at radius 1 is 1.06 bits per heavy atom. The zero-order valence-corrected chi connectivity index (χ0v) is 20.5. The molecule has 1 aromatic heterocycles. The first-order valence-corrected chi connectivity index (χ1v) is 13.2. The molecule has 0 bridgehead atoms. The first-order chi connectivity index (χ1) is 17.1. The fourth-order valence-corrected chi connectivity index (χ4v) is 7.47. The van der Waals surface area contributed by atoms with Crippen molar-refractivity contribution >= 4 is 10.9 Å². The molecular formula is C29H32F4N2O. The summed E-state index contributed by atoms with van der Waals surface area (Å²) in [6.45, 7) is 2.09. The van der Waals surface area contributed by atoms with E-state index in [4.69, 9.17) is 0 Å². The van der Waals surface area contributed by atoms with E-state index in [0.29, 0.717) is 24.7 Å². The molecule has 2 fully saturated rings. The molecule has 0 aliphatic heterocycles. The summed E-state index contributed by atoms with van der Waals surface area (Å²) in [5, 5.41) is 16.2. The lowest BCUT2D eigenvalue weighted by atomic mass is 9.56. The summed E-state index contributed by atoms with van der Waals surface area (Å²) in [4.78, 5) is 0. The Kier molecular flexibility index (Phi) is 5.52. The third-order valence-electron chi connectivity index (χ3n) is 9.80. The van der Waals surface area contributed by atoms with Gasteiger partial charge in [-0.2, -0.15) is 18.3 Å². The second-order valence-corrected chi connectivity index (χ2v) is 11.3. The van der Waals surface area contributed by atoms with Crippen LogP contribution in [0.5, 0.6) is 0 Å². The molecule has 4 atom stereocenters. The first-order valence-electron chi connectivity index (χ1n) is 13.2. The van der Waals surface area contributed by atoms with Crippen molar-refractivity contribution in [2.45, 2.75) is 87.8 Å². The van der Waals surface area contributed by atoms with Crippen LogP contribution in [0.25, 0.3) is 16.6 Å². The first kappa shape index (κ1) is 24.0. The largest absolute Gasteiger partial charge is 0.417 e. The summed E-state index contributed by atoms with van der Waals surface area (Å²) < 4.78 is 57.1. The third-order valence-corrected chi connectivity index (χ3v) is 9.80. The number of benzene rings is 2. The van der Waals surface area contributed by atoms with E-state index < -0.39 is 17.2 Å². The van der Waals surface area contributed by atoms with Crippen LogP contribution in [0.15, 0.2) is 42.6 Å². The van der Waals surface area contributed by atoms with E-state index in [1.807, 2.05) is 4.68 Å². The van der Waals surface area contributed by atoms with E-state index in [-0.39, 0.29) is 24.6 Å². The second kappa shape index (κ2) is 8.30. The minimum atomic E-state index is -4.62. The Hall–Kier alpha value is -2.41. The topological polar surface area (TPSA) is 38.1 Å². The molecule has 36 heavy (non-hydrogen) atoms. The maximum Gasteiger partial charge on any atom is 0.417 e. The fourth-order valence-electron chi connectivity index (χ4n) is 7.47. The van der Waals surface area contributed by atoms with Gasteiger partial charge in [0.15, 0.2) is 5.60 Å². The van der Waals surface area contributed by atoms with Crippen molar-refractivity contribution in [3.63, 3.8) is 0 Å². The van der Waals surface area contributed by atoms with E-state index in [1.54, 1.807) is 18.3 Å². The third kappa shape index (κ3) is 3.52. The summed E-state index contributed by atoms with van der Waals surface area (Å²) in [5.41, 5.74) is 1.13. The predicted molar refractivity (Wildman–Crippen MR) is 131 cm³/mol. The van der Waals surface area contributed by atoms with Gasteiger partial charge in [0.25, 0.3) is 0 Å². The van der Waals surface area contributed by atoms with Gasteiger partial charge in [0.1, 0.15) is 5.82 Å². The predicted octanol–water partition coefficient (Wildman–Crippen LogP) is 7.58. The van der Waals surface area contributed by atoms with Gasteiger partial charge in [0, 0.05) is 5.39 Å². The molecule has 2 aromatic carbocycles. The molecule has 7 heteroatoms. The fraction of sp³-hybridized carbons (Fsp3) is 0.552. The number of aliphatic hydroxyl groups is 1. The van der Waals surface area contributed by atoms with Crippen molar-refractivity contribution in [1.82, 2.24) is 9.78 Å². The van der Waals surface area contributed by atoms with Gasteiger partial charge in [-0.25, -0.2) is 9.07 Å². The van der Waals surface area contributed by atoms with Gasteiger partial charge in [0.05, 0.1) is 17.4 Å². The molecule has 1 unspecified atom stereocenters. The molecule has 0 saturated heterocycles. The molecule has 3 aromatic rings. The zero-order valence-electron chi connectivity index (χ0n) is 20.5. The Labute approximate surface area is 208 Å². The van der Waals surface area contributed by atoms with Crippen molar-refractivity contribution in [3.8, 4) is 5.69 Å². The molecule has 1 heterocycles. The number of aromatic nitrogens is 2. The highest BCUT2D eigenvalue weighted by atomic mass is 19.4. The molecule has 192 valence electrons. The molecule has 0 spiro atoms. The van der Waals surface area contributed by atoms with Crippen LogP contribution in [-0.2, 0) is 5.41 Å². The number of hydrogen-bond acceptors (Lipinski definition) is 2. The van der Waals surface area contributed by atoms with E-state index in [2.05, 4.69) is 24.2 Å². The van der Waals surface area contributed by atoms with Gasteiger partial charge in [-0.3, -0.25) is 0 Å². The quantitative estimate of drug-likeness (QED) is 0.377. The van der Waals surface area contributed by atoms with Crippen molar-refractivity contribution in [1.29, 1.82) is 0 Å². The van der Waals surface area contributed by atoms with E-state index in [1.165, 1.54) is 29.7 Å². The molecule has 6 rings (SSSR count). The molecule has 3 aliphatic carbocycles. The lowest BCUT2D eigenvalue weighted by molar-refractivity contribution is -0.279. The molecule has 0 radical (unpaired) electrons. The van der Waals surface area contributed by atoms with E-state index in [0.717, 1.165) is 42.3 Å². The van der Waals surface area contributed by atoms with Crippen molar-refractivity contribution in [2.75, 3.05) is 0 Å². The Morgan fingerprint density at radius 2 is 1.81 bits per heavy atom. The summed E-state index contributed by atoms with van der Waals surface area (Å²) in [5.74, 6) is 0.305. The van der Waals surface area contributed by atoms with Crippen LogP contribution in [0.1, 0.15) is 81.8 Å². The standard InChI is InChI=1S/C29H32F4N2O/c1-2-27-12-13-28(36,29(31,32)33)16-20(27)6-11-23(18-4-3-5-18)24-15-26-19(14-25(24)27)17-34-35(26)22-9-7-21(30)8-10-22/h7-10,14-15,17-18,20,23,36H,2-6,11-13,16H2,1H3/t20-,23?,27-,28-/m0/s1. The summed E-state index contributed by atoms with van der Waals surface area (Å²) in [6.07, 6.45) is 2.80. The molecular weight excluding hydrogens is 468 g/mol. The number of rotatable bonds is 3. The monoisotopic (exact) mass is 500 g/mol. The minimum absolute atomic E-state index is 0.226. The van der Waals surface area contributed by atoms with Crippen LogP contribution in [0.4, 0.5) is 17.6 Å². The smallest absolute Gasteiger partial charge is 0.380 e. The lowest BCUT2D eigenvalue weighted by Crippen LogP contribution is -2.54. The van der Waals surface area contributed by atoms with Gasteiger partial charge in [-0.15, -0.1) is 0 Å². The van der Waals surface area contributed by atoms with Crippen molar-refractivity contribution in [2.24, 2.45) is 11.8 Å². The van der Waals surface area contributed by atoms with Crippen molar-refractivity contribution in [3.05, 3.63) is 59.5 Å². The van der Waals surface area contributed by atoms with Gasteiger partial charge in [-0.1, -0.05) is 13.3 Å². The van der Waals surface area contributed by atoms with Crippen molar-refractivity contribution < 1.29 is 22.7 Å². The Morgan fingerprint density at radius 3 is 2.44 bits per heavy atom. The molecule has 2 saturated carbocycles. The summed E-state index contributed by atoms with van der Waals surface area (Å²) in [7, 11) is 0. The molecule has 1 N–H and O–H groups in total. The van der Waals surface area contributed by atoms with Crippen LogP contribution >= 0.6 is 0 Å². The Bertz CT molecular complexity index is 1280. The van der Waals surface area contributed by atoms with Gasteiger partial charge < -0.3 is 5.11 Å². The second-order valence-electron chi connectivity index (χ2n) is 11.3. The average molecular weight is 501 g/mol. The molecule has 3 aliphatic rings. The van der Waals surface area contributed by atoms with Crippen LogP contribution in [0.3, 0.4) is 0 Å². The molecule has 0 amide bonds. The maximum atomic E-state index is 13.9. The van der Waals surface area contributed by atoms with E-state index >= 15 is 0 Å². The normalized spacial score (nSPS) is 30.9. The van der Waals surface area contributed by atoms with E-state index in [9.17, 15) is 22.7 Å². The van der Waals surface area contributed by atoms with Crippen LogP contribution < -0.4 is 0 Å². The SMILES string of the molecule is CC[C@]12CC[C@@](O)(C(F)(F)F)C[C@@H]1CCC(C1CCC1)c1cc3c(cnn3-c3ccc(F)cc3)cc12. The average Bonchev–Trinajstić information content (AvgIpc) is 3.17. The van der Waals surface area contributed by atoms with Crippen LogP contribution in [0, 0.1) is 17.7 Å². The highest BCUT2D eigenvalue weighted by Crippen LogP contribution is 2.60. The lowest BCUT2D eigenvalue weighted by Gasteiger charge is -2.50. The van der Waals surface area contributed by atoms with Gasteiger partial charge in [-0.05, 0) is 122 Å². The minimum Gasteiger partial charge on any atom is -0.380 e. The number of alkyl halides is 3. The summed E-state index contributed by atoms with van der Waals surface area (Å²) in [6, 6.07) is 10.6. The number of fused-ring (bicyclic) bond motifs is 4. The highest BCUT2D eigenvalue weighted by molar-refractivity contribution is 5.83. The highest BCUT2D eigenvalue weighted by Gasteiger charge is 2.61. The Balaban J connectivity index is 1.52. The zero-order chi connectivity index (χ0) is 25.3.